The van der Waals surface area contributed by atoms with E-state index < -0.39 is 18.1 Å². The number of amides is 1. The Morgan fingerprint density at radius 1 is 1.17 bits per heavy atom. The molecule has 0 saturated heterocycles. The minimum absolute atomic E-state index is 0.0495. The van der Waals surface area contributed by atoms with E-state index in [1.165, 1.54) is 0 Å². The van der Waals surface area contributed by atoms with Crippen molar-refractivity contribution >= 4 is 11.9 Å². The second-order valence-corrected chi connectivity index (χ2v) is 10.8. The van der Waals surface area contributed by atoms with E-state index in [1.54, 1.807) is 20.7 Å². The van der Waals surface area contributed by atoms with Crippen LogP contribution in [0.1, 0.15) is 61.6 Å². The second-order valence-electron chi connectivity index (χ2n) is 10.8. The molecule has 35 heavy (non-hydrogen) atoms. The van der Waals surface area contributed by atoms with Gasteiger partial charge in [-0.1, -0.05) is 30.3 Å². The van der Waals surface area contributed by atoms with E-state index in [0.29, 0.717) is 37.4 Å². The number of halogens is 2. The second kappa shape index (κ2) is 10.0. The zero-order valence-corrected chi connectivity index (χ0v) is 20.7. The van der Waals surface area contributed by atoms with Gasteiger partial charge in [-0.2, -0.15) is 5.10 Å². The van der Waals surface area contributed by atoms with E-state index in [4.69, 9.17) is 4.74 Å². The zero-order valence-electron chi connectivity index (χ0n) is 20.7. The molecule has 0 N–H and O–H groups in total. The lowest BCUT2D eigenvalue weighted by Crippen LogP contribution is -2.42. The normalized spacial score (nSPS) is 16.9. The van der Waals surface area contributed by atoms with Crippen LogP contribution in [0.4, 0.5) is 13.6 Å². The molecule has 1 aliphatic carbocycles. The zero-order chi connectivity index (χ0) is 25.2. The van der Waals surface area contributed by atoms with E-state index in [-0.39, 0.29) is 30.7 Å². The fourth-order valence-electron chi connectivity index (χ4n) is 4.66. The molecular weight excluding hydrogens is 454 g/mol. The van der Waals surface area contributed by atoms with Crippen LogP contribution in [0.2, 0.25) is 0 Å². The van der Waals surface area contributed by atoms with Crippen molar-refractivity contribution in [1.29, 1.82) is 0 Å². The molecule has 4 rings (SSSR count). The first-order valence-electron chi connectivity index (χ1n) is 12.1. The van der Waals surface area contributed by atoms with Gasteiger partial charge in [-0.05, 0) is 44.6 Å². The van der Waals surface area contributed by atoms with Crippen molar-refractivity contribution in [2.45, 2.75) is 71.7 Å². The third-order valence-electron chi connectivity index (χ3n) is 6.52. The molecule has 1 saturated carbocycles. The fraction of sp³-hybridized carbons (Fsp3) is 0.577. The summed E-state index contributed by atoms with van der Waals surface area (Å²) in [6, 6.07) is 9.56. The highest BCUT2D eigenvalue weighted by molar-refractivity contribution is 5.97. The molecule has 2 aromatic rings. The SMILES string of the molecule is CC(C)(C)OC(=O)N1CCn2ncc(C(=O)CC3(CN(Cc4ccccc4)CC(F)F)CC3)c2C1. The number of Topliss-reactive ketones (excluding diaryl/α,β-unsaturated/α-hetero) is 1. The topological polar surface area (TPSA) is 67.7 Å². The number of alkyl halides is 2. The predicted molar refractivity (Wildman–Crippen MR) is 127 cm³/mol. The third-order valence-corrected chi connectivity index (χ3v) is 6.52. The van der Waals surface area contributed by atoms with Crippen molar-refractivity contribution in [1.82, 2.24) is 19.6 Å². The van der Waals surface area contributed by atoms with Crippen molar-refractivity contribution in [2.24, 2.45) is 5.41 Å². The van der Waals surface area contributed by atoms with E-state index in [0.717, 1.165) is 18.4 Å². The average molecular weight is 489 g/mol. The Kier molecular flexibility index (Phi) is 7.26. The van der Waals surface area contributed by atoms with Gasteiger partial charge in [-0.3, -0.25) is 14.4 Å². The lowest BCUT2D eigenvalue weighted by atomic mass is 9.94. The smallest absolute Gasteiger partial charge is 0.410 e. The van der Waals surface area contributed by atoms with Crippen LogP contribution < -0.4 is 0 Å². The third kappa shape index (κ3) is 6.66. The summed E-state index contributed by atoms with van der Waals surface area (Å²) in [6.07, 6.45) is 0.679. The molecule has 1 fully saturated rings. The molecule has 0 bridgehead atoms. The number of carbonyl (C=O) groups is 2. The monoisotopic (exact) mass is 488 g/mol. The number of carbonyl (C=O) groups excluding carboxylic acids is 2. The van der Waals surface area contributed by atoms with Crippen LogP contribution in [0.15, 0.2) is 36.5 Å². The highest BCUT2D eigenvalue weighted by Gasteiger charge is 2.46. The van der Waals surface area contributed by atoms with Gasteiger partial charge in [0.05, 0.1) is 37.1 Å². The molecule has 1 aromatic heterocycles. The van der Waals surface area contributed by atoms with Gasteiger partial charge < -0.3 is 9.64 Å². The van der Waals surface area contributed by atoms with Crippen molar-refractivity contribution in [3.63, 3.8) is 0 Å². The molecular formula is C26H34F2N4O3. The van der Waals surface area contributed by atoms with Gasteiger partial charge in [0.1, 0.15) is 5.60 Å². The van der Waals surface area contributed by atoms with Crippen LogP contribution >= 0.6 is 0 Å². The number of hydrogen-bond acceptors (Lipinski definition) is 5. The lowest BCUT2D eigenvalue weighted by molar-refractivity contribution is 0.0192. The fourth-order valence-corrected chi connectivity index (χ4v) is 4.66. The Balaban J connectivity index is 1.43. The van der Waals surface area contributed by atoms with Crippen LogP contribution in [0.5, 0.6) is 0 Å². The molecule has 190 valence electrons. The summed E-state index contributed by atoms with van der Waals surface area (Å²) in [4.78, 5) is 29.2. The van der Waals surface area contributed by atoms with Crippen LogP contribution in [0.25, 0.3) is 0 Å². The first-order chi connectivity index (χ1) is 16.5. The first kappa shape index (κ1) is 25.3. The van der Waals surface area contributed by atoms with E-state index >= 15 is 0 Å². The number of aromatic nitrogens is 2. The summed E-state index contributed by atoms with van der Waals surface area (Å²) in [5.41, 5.74) is 1.29. The van der Waals surface area contributed by atoms with Gasteiger partial charge in [0.25, 0.3) is 6.43 Å². The minimum atomic E-state index is -2.44. The minimum Gasteiger partial charge on any atom is -0.444 e. The molecule has 0 spiro atoms. The van der Waals surface area contributed by atoms with Crippen molar-refractivity contribution in [3.05, 3.63) is 53.3 Å². The van der Waals surface area contributed by atoms with Crippen LogP contribution in [0, 0.1) is 5.41 Å². The highest BCUT2D eigenvalue weighted by atomic mass is 19.3. The molecule has 0 radical (unpaired) electrons. The van der Waals surface area contributed by atoms with Gasteiger partial charge >= 0.3 is 6.09 Å². The summed E-state index contributed by atoms with van der Waals surface area (Å²) >= 11 is 0. The number of rotatable bonds is 9. The quantitative estimate of drug-likeness (QED) is 0.477. The number of benzene rings is 1. The van der Waals surface area contributed by atoms with E-state index in [9.17, 15) is 18.4 Å². The lowest BCUT2D eigenvalue weighted by Gasteiger charge is -2.31. The average Bonchev–Trinajstić information content (AvgIpc) is 3.37. The maximum atomic E-state index is 13.3. The van der Waals surface area contributed by atoms with Crippen LogP contribution in [0.3, 0.4) is 0 Å². The molecule has 2 heterocycles. The summed E-state index contributed by atoms with van der Waals surface area (Å²) < 4.78 is 33.9. The number of fused-ring (bicyclic) bond motifs is 1. The Morgan fingerprint density at radius 3 is 2.51 bits per heavy atom. The summed E-state index contributed by atoms with van der Waals surface area (Å²) in [5, 5.41) is 4.36. The van der Waals surface area contributed by atoms with Crippen molar-refractivity contribution in [2.75, 3.05) is 19.6 Å². The summed E-state index contributed by atoms with van der Waals surface area (Å²) in [6.45, 7) is 7.22. The molecule has 0 atom stereocenters. The molecule has 2 aliphatic rings. The van der Waals surface area contributed by atoms with Gasteiger partial charge in [0, 0.05) is 26.1 Å². The molecule has 0 unspecified atom stereocenters. The Morgan fingerprint density at radius 2 is 1.89 bits per heavy atom. The van der Waals surface area contributed by atoms with Gasteiger partial charge in [0.2, 0.25) is 0 Å². The Bertz CT molecular complexity index is 1040. The highest BCUT2D eigenvalue weighted by Crippen LogP contribution is 2.50. The number of ketones is 1. The van der Waals surface area contributed by atoms with Gasteiger partial charge in [0.15, 0.2) is 5.78 Å². The molecule has 1 amide bonds. The molecule has 1 aromatic carbocycles. The maximum Gasteiger partial charge on any atom is 0.410 e. The molecule has 1 aliphatic heterocycles. The van der Waals surface area contributed by atoms with E-state index in [1.807, 2.05) is 51.1 Å². The van der Waals surface area contributed by atoms with Gasteiger partial charge in [-0.25, -0.2) is 13.6 Å². The van der Waals surface area contributed by atoms with Crippen LogP contribution in [-0.2, 0) is 24.4 Å². The Hall–Kier alpha value is -2.81. The van der Waals surface area contributed by atoms with Crippen LogP contribution in [-0.4, -0.2) is 63.1 Å². The van der Waals surface area contributed by atoms with Crippen molar-refractivity contribution in [3.8, 4) is 0 Å². The maximum absolute atomic E-state index is 13.3. The molecule has 7 nitrogen and oxygen atoms in total. The Labute approximate surface area is 205 Å². The van der Waals surface area contributed by atoms with E-state index in [2.05, 4.69) is 5.10 Å². The number of nitrogens with zero attached hydrogens (tertiary/aromatic N) is 4. The molecule has 9 heteroatoms. The number of hydrogen-bond donors (Lipinski definition) is 0. The van der Waals surface area contributed by atoms with Crippen molar-refractivity contribution < 1.29 is 23.1 Å². The first-order valence-corrected chi connectivity index (χ1v) is 12.1. The largest absolute Gasteiger partial charge is 0.444 e. The summed E-state index contributed by atoms with van der Waals surface area (Å²) in [5.74, 6) is -0.0495. The van der Waals surface area contributed by atoms with Gasteiger partial charge in [-0.15, -0.1) is 0 Å². The predicted octanol–water partition coefficient (Wildman–Crippen LogP) is 4.75. The summed E-state index contributed by atoms with van der Waals surface area (Å²) in [7, 11) is 0. The standard InChI is InChI=1S/C26H34F2N4O3/c1-25(2,3)35-24(34)31-11-12-32-21(16-31)20(14-29-32)22(33)13-26(9-10-26)18-30(17-23(27)28)15-19-7-5-4-6-8-19/h4-8,14,23H,9-13,15-18H2,1-3H3. The number of ether oxygens (including phenoxy) is 1.